The van der Waals surface area contributed by atoms with E-state index >= 15 is 0 Å². The van der Waals surface area contributed by atoms with E-state index in [4.69, 9.17) is 0 Å². The number of carbonyl (C=O) groups excluding carboxylic acids is 1. The maximum atomic E-state index is 11.9. The van der Waals surface area contributed by atoms with Gasteiger partial charge in [-0.15, -0.1) is 0 Å². The Balaban J connectivity index is 3.35. The van der Waals surface area contributed by atoms with Crippen LogP contribution in [0.5, 0.6) is 0 Å². The second-order valence-corrected chi connectivity index (χ2v) is 6.03. The maximum Gasteiger partial charge on any atom is 0.222 e. The van der Waals surface area contributed by atoms with Crippen molar-refractivity contribution in [3.8, 4) is 0 Å². The normalized spacial score (nSPS) is 10.7. The Morgan fingerprint density at radius 2 is 1.42 bits per heavy atom. The number of halogens is 1. The number of hydrogen-bond donors (Lipinski definition) is 0. The molecule has 0 fully saturated rings. The maximum absolute atomic E-state index is 11.9. The zero-order chi connectivity index (χ0) is 14.3. The van der Waals surface area contributed by atoms with Crippen LogP contribution in [0.15, 0.2) is 0 Å². The van der Waals surface area contributed by atoms with E-state index < -0.39 is 0 Å². The molecule has 0 atom stereocenters. The third kappa shape index (κ3) is 11.5. The van der Waals surface area contributed by atoms with Gasteiger partial charge in [0.05, 0.1) is 0 Å². The van der Waals surface area contributed by atoms with E-state index in [9.17, 15) is 4.79 Å². The lowest BCUT2D eigenvalue weighted by atomic mass is 10.1. The molecule has 0 aliphatic carbocycles. The lowest BCUT2D eigenvalue weighted by molar-refractivity contribution is -0.130. The predicted molar refractivity (Wildman–Crippen MR) is 87.9 cm³/mol. The lowest BCUT2D eigenvalue weighted by Gasteiger charge is -2.19. The number of carbonyl (C=O) groups is 1. The second-order valence-electron chi connectivity index (χ2n) is 5.24. The molecule has 0 saturated heterocycles. The lowest BCUT2D eigenvalue weighted by Crippen LogP contribution is -2.32. The van der Waals surface area contributed by atoms with Crippen LogP contribution in [0, 0.1) is 0 Å². The largest absolute Gasteiger partial charge is 0.342 e. The van der Waals surface area contributed by atoms with Crippen molar-refractivity contribution in [3.05, 3.63) is 0 Å². The quantitative estimate of drug-likeness (QED) is 0.337. The van der Waals surface area contributed by atoms with E-state index in [1.54, 1.807) is 0 Å². The summed E-state index contributed by atoms with van der Waals surface area (Å²) in [7, 11) is 0. The standard InChI is InChI=1S/C16H32BrNO/c1-3-5-6-7-8-9-10-11-12-13-16(19)18(4-2)15-14-17/h3-15H2,1-2H3. The van der Waals surface area contributed by atoms with Gasteiger partial charge in [0.2, 0.25) is 5.91 Å². The van der Waals surface area contributed by atoms with Crippen molar-refractivity contribution < 1.29 is 4.79 Å². The molecule has 0 saturated carbocycles. The van der Waals surface area contributed by atoms with Crippen LogP contribution in [0.25, 0.3) is 0 Å². The van der Waals surface area contributed by atoms with Crippen LogP contribution in [0.1, 0.15) is 78.1 Å². The van der Waals surface area contributed by atoms with Crippen molar-refractivity contribution in [3.63, 3.8) is 0 Å². The van der Waals surface area contributed by atoms with Gasteiger partial charge in [0, 0.05) is 24.8 Å². The molecule has 0 rings (SSSR count). The van der Waals surface area contributed by atoms with Crippen LogP contribution >= 0.6 is 15.9 Å². The summed E-state index contributed by atoms with van der Waals surface area (Å²) in [6.45, 7) is 5.98. The molecule has 0 spiro atoms. The number of alkyl halides is 1. The molecular formula is C16H32BrNO. The number of nitrogens with zero attached hydrogens (tertiary/aromatic N) is 1. The monoisotopic (exact) mass is 333 g/mol. The number of hydrogen-bond acceptors (Lipinski definition) is 1. The summed E-state index contributed by atoms with van der Waals surface area (Å²) in [6.07, 6.45) is 12.5. The Morgan fingerprint density at radius 1 is 0.895 bits per heavy atom. The Hall–Kier alpha value is -0.0500. The summed E-state index contributed by atoms with van der Waals surface area (Å²) >= 11 is 3.39. The predicted octanol–water partition coefficient (Wildman–Crippen LogP) is 5.15. The number of unbranched alkanes of at least 4 members (excludes halogenated alkanes) is 8. The van der Waals surface area contributed by atoms with Crippen molar-refractivity contribution in [1.29, 1.82) is 0 Å². The highest BCUT2D eigenvalue weighted by Crippen LogP contribution is 2.11. The molecule has 0 aromatic heterocycles. The van der Waals surface area contributed by atoms with E-state index in [2.05, 4.69) is 29.8 Å². The molecule has 0 unspecified atom stereocenters. The molecule has 0 aliphatic heterocycles. The van der Waals surface area contributed by atoms with Gasteiger partial charge < -0.3 is 4.90 Å². The van der Waals surface area contributed by atoms with Crippen molar-refractivity contribution in [2.75, 3.05) is 18.4 Å². The van der Waals surface area contributed by atoms with Gasteiger partial charge >= 0.3 is 0 Å². The molecular weight excluding hydrogens is 302 g/mol. The van der Waals surface area contributed by atoms with Gasteiger partial charge in [0.1, 0.15) is 0 Å². The molecule has 3 heteroatoms. The molecule has 0 heterocycles. The van der Waals surface area contributed by atoms with Gasteiger partial charge in [-0.2, -0.15) is 0 Å². The topological polar surface area (TPSA) is 20.3 Å². The van der Waals surface area contributed by atoms with E-state index in [1.807, 2.05) is 4.90 Å². The molecule has 0 aromatic carbocycles. The van der Waals surface area contributed by atoms with Crippen LogP contribution < -0.4 is 0 Å². The van der Waals surface area contributed by atoms with E-state index in [0.29, 0.717) is 5.91 Å². The summed E-state index contributed by atoms with van der Waals surface area (Å²) in [5.41, 5.74) is 0. The van der Waals surface area contributed by atoms with E-state index in [-0.39, 0.29) is 0 Å². The molecule has 0 N–H and O–H groups in total. The number of amides is 1. The van der Waals surface area contributed by atoms with Crippen LogP contribution in [-0.4, -0.2) is 29.2 Å². The Labute approximate surface area is 128 Å². The average molecular weight is 334 g/mol. The summed E-state index contributed by atoms with van der Waals surface area (Å²) in [5, 5.41) is 0.879. The minimum absolute atomic E-state index is 0.324. The van der Waals surface area contributed by atoms with E-state index in [1.165, 1.54) is 51.4 Å². The van der Waals surface area contributed by atoms with Crippen molar-refractivity contribution >= 4 is 21.8 Å². The minimum atomic E-state index is 0.324. The summed E-state index contributed by atoms with van der Waals surface area (Å²) in [6, 6.07) is 0. The van der Waals surface area contributed by atoms with Crippen LogP contribution in [-0.2, 0) is 4.79 Å². The molecule has 0 aliphatic rings. The Kier molecular flexibility index (Phi) is 14.3. The first-order valence-electron chi connectivity index (χ1n) is 8.10. The van der Waals surface area contributed by atoms with Gasteiger partial charge in [0.15, 0.2) is 0 Å². The van der Waals surface area contributed by atoms with Gasteiger partial charge in [-0.05, 0) is 13.3 Å². The minimum Gasteiger partial charge on any atom is -0.342 e. The molecule has 0 radical (unpaired) electrons. The first-order chi connectivity index (χ1) is 9.26. The summed E-state index contributed by atoms with van der Waals surface area (Å²) in [4.78, 5) is 13.8. The number of rotatable bonds is 13. The van der Waals surface area contributed by atoms with Crippen molar-refractivity contribution in [1.82, 2.24) is 4.90 Å². The molecule has 114 valence electrons. The molecule has 0 bridgehead atoms. The highest BCUT2D eigenvalue weighted by atomic mass is 79.9. The zero-order valence-corrected chi connectivity index (χ0v) is 14.5. The van der Waals surface area contributed by atoms with E-state index in [0.717, 1.165) is 31.3 Å². The fourth-order valence-corrected chi connectivity index (χ4v) is 2.73. The first-order valence-corrected chi connectivity index (χ1v) is 9.22. The Morgan fingerprint density at radius 3 is 1.89 bits per heavy atom. The first kappa shape index (κ1) is 18.9. The molecule has 1 amide bonds. The van der Waals surface area contributed by atoms with Gasteiger partial charge in [-0.25, -0.2) is 0 Å². The van der Waals surface area contributed by atoms with Gasteiger partial charge in [-0.1, -0.05) is 74.2 Å². The van der Waals surface area contributed by atoms with Crippen LogP contribution in [0.4, 0.5) is 0 Å². The smallest absolute Gasteiger partial charge is 0.222 e. The van der Waals surface area contributed by atoms with Gasteiger partial charge in [0.25, 0.3) is 0 Å². The Bertz CT molecular complexity index is 209. The molecule has 2 nitrogen and oxygen atoms in total. The van der Waals surface area contributed by atoms with Crippen molar-refractivity contribution in [2.45, 2.75) is 78.1 Å². The summed E-state index contributed by atoms with van der Waals surface area (Å²) < 4.78 is 0. The second kappa shape index (κ2) is 14.4. The zero-order valence-electron chi connectivity index (χ0n) is 12.9. The fraction of sp³-hybridized carbons (Fsp3) is 0.938. The van der Waals surface area contributed by atoms with Gasteiger partial charge in [-0.3, -0.25) is 4.79 Å². The highest BCUT2D eigenvalue weighted by Gasteiger charge is 2.09. The average Bonchev–Trinajstić information content (AvgIpc) is 2.42. The summed E-state index contributed by atoms with van der Waals surface area (Å²) in [5.74, 6) is 0.324. The van der Waals surface area contributed by atoms with Crippen LogP contribution in [0.3, 0.4) is 0 Å². The fourth-order valence-electron chi connectivity index (χ4n) is 2.31. The third-order valence-electron chi connectivity index (χ3n) is 3.58. The van der Waals surface area contributed by atoms with Crippen LogP contribution in [0.2, 0.25) is 0 Å². The third-order valence-corrected chi connectivity index (χ3v) is 3.94. The highest BCUT2D eigenvalue weighted by molar-refractivity contribution is 9.09. The molecule has 0 aromatic rings. The van der Waals surface area contributed by atoms with Crippen molar-refractivity contribution in [2.24, 2.45) is 0 Å². The molecule has 19 heavy (non-hydrogen) atoms. The SMILES string of the molecule is CCCCCCCCCCCC(=O)N(CC)CCBr.